The molecule has 3 rings (SSSR count). The summed E-state index contributed by atoms with van der Waals surface area (Å²) in [5, 5.41) is 12.1. The van der Waals surface area contributed by atoms with Crippen LogP contribution in [0.5, 0.6) is 5.75 Å². The minimum Gasteiger partial charge on any atom is -0.493 e. The van der Waals surface area contributed by atoms with Gasteiger partial charge in [0.1, 0.15) is 5.75 Å². The Hall–Kier alpha value is -2.08. The molecule has 0 aromatic heterocycles. The van der Waals surface area contributed by atoms with Crippen LogP contribution in [0.2, 0.25) is 0 Å². The molecular formula is C16H19NO5. The summed E-state index contributed by atoms with van der Waals surface area (Å²) >= 11 is 0. The Morgan fingerprint density at radius 2 is 2.00 bits per heavy atom. The number of carboxylic acids is 1. The van der Waals surface area contributed by atoms with Gasteiger partial charge in [-0.25, -0.2) is 0 Å². The molecule has 1 fully saturated rings. The number of hydrogen-bond donors (Lipinski definition) is 2. The summed E-state index contributed by atoms with van der Waals surface area (Å²) in [6, 6.07) is 5.34. The van der Waals surface area contributed by atoms with E-state index in [0.717, 1.165) is 17.7 Å². The van der Waals surface area contributed by atoms with Crippen molar-refractivity contribution >= 4 is 11.9 Å². The number of fused-ring (bicyclic) bond motifs is 1. The van der Waals surface area contributed by atoms with Gasteiger partial charge in [-0.3, -0.25) is 9.59 Å². The van der Waals surface area contributed by atoms with E-state index in [1.165, 1.54) is 0 Å². The van der Waals surface area contributed by atoms with Crippen molar-refractivity contribution in [1.82, 2.24) is 5.32 Å². The molecule has 1 aromatic rings. The third kappa shape index (κ3) is 3.06. The number of ether oxygens (including phenoxy) is 2. The fourth-order valence-electron chi connectivity index (χ4n) is 3.04. The van der Waals surface area contributed by atoms with Gasteiger partial charge in [0, 0.05) is 25.2 Å². The summed E-state index contributed by atoms with van der Waals surface area (Å²) in [5.41, 5.74) is 0.837. The van der Waals surface area contributed by atoms with E-state index in [0.29, 0.717) is 38.2 Å². The summed E-state index contributed by atoms with van der Waals surface area (Å²) in [6.45, 7) is 1.57. The second kappa shape index (κ2) is 5.96. The lowest BCUT2D eigenvalue weighted by molar-refractivity contribution is -0.139. The first-order valence-corrected chi connectivity index (χ1v) is 7.46. The molecule has 0 radical (unpaired) electrons. The van der Waals surface area contributed by atoms with Crippen molar-refractivity contribution in [3.63, 3.8) is 0 Å². The molecule has 0 spiro atoms. The fraction of sp³-hybridized carbons (Fsp3) is 0.500. The number of carboxylic acid groups (broad SMARTS) is 1. The maximum absolute atomic E-state index is 12.5. The highest BCUT2D eigenvalue weighted by atomic mass is 16.5. The summed E-state index contributed by atoms with van der Waals surface area (Å²) in [5.74, 6) is -0.328. The first kappa shape index (κ1) is 14.8. The zero-order valence-electron chi connectivity index (χ0n) is 12.3. The van der Waals surface area contributed by atoms with Gasteiger partial charge in [-0.1, -0.05) is 0 Å². The van der Waals surface area contributed by atoms with E-state index in [1.807, 2.05) is 6.07 Å². The van der Waals surface area contributed by atoms with Gasteiger partial charge in [-0.05, 0) is 36.6 Å². The molecule has 2 N–H and O–H groups in total. The molecule has 1 aromatic carbocycles. The molecule has 1 saturated heterocycles. The van der Waals surface area contributed by atoms with E-state index >= 15 is 0 Å². The van der Waals surface area contributed by atoms with Crippen LogP contribution >= 0.6 is 0 Å². The molecule has 6 nitrogen and oxygen atoms in total. The molecule has 0 atom stereocenters. The van der Waals surface area contributed by atoms with E-state index in [9.17, 15) is 9.59 Å². The van der Waals surface area contributed by atoms with Crippen molar-refractivity contribution in [1.29, 1.82) is 0 Å². The van der Waals surface area contributed by atoms with Crippen LogP contribution in [0.25, 0.3) is 0 Å². The zero-order chi connectivity index (χ0) is 15.6. The number of nitrogens with one attached hydrogen (secondary N) is 1. The third-order valence-electron chi connectivity index (χ3n) is 4.27. The van der Waals surface area contributed by atoms with Gasteiger partial charge in [0.15, 0.2) is 0 Å². The van der Waals surface area contributed by atoms with Crippen LogP contribution in [-0.2, 0) is 16.0 Å². The summed E-state index contributed by atoms with van der Waals surface area (Å²) in [4.78, 5) is 23.6. The predicted octanol–water partition coefficient (Wildman–Crippen LogP) is 1.38. The van der Waals surface area contributed by atoms with Crippen LogP contribution in [0, 0.1) is 0 Å². The van der Waals surface area contributed by atoms with Crippen molar-refractivity contribution < 1.29 is 24.2 Å². The lowest BCUT2D eigenvalue weighted by atomic mass is 9.86. The molecule has 0 bridgehead atoms. The van der Waals surface area contributed by atoms with Gasteiger partial charge >= 0.3 is 5.97 Å². The van der Waals surface area contributed by atoms with E-state index in [-0.39, 0.29) is 12.3 Å². The standard InChI is InChI=1S/C16H19NO5/c18-14(19)10-16(4-7-21-8-5-16)17-15(20)12-1-2-13-11(9-12)3-6-22-13/h1-2,9H,3-8,10H2,(H,17,20)(H,18,19). The number of rotatable bonds is 4. The topological polar surface area (TPSA) is 84.9 Å². The quantitative estimate of drug-likeness (QED) is 0.877. The largest absolute Gasteiger partial charge is 0.493 e. The number of aliphatic carboxylic acids is 1. The molecule has 2 aliphatic heterocycles. The maximum Gasteiger partial charge on any atom is 0.305 e. The van der Waals surface area contributed by atoms with Crippen molar-refractivity contribution in [3.8, 4) is 5.75 Å². The first-order valence-electron chi connectivity index (χ1n) is 7.46. The summed E-state index contributed by atoms with van der Waals surface area (Å²) in [7, 11) is 0. The monoisotopic (exact) mass is 305 g/mol. The van der Waals surface area contributed by atoms with Gasteiger partial charge < -0.3 is 19.9 Å². The predicted molar refractivity (Wildman–Crippen MR) is 78.1 cm³/mol. The Morgan fingerprint density at radius 3 is 2.73 bits per heavy atom. The average molecular weight is 305 g/mol. The fourth-order valence-corrected chi connectivity index (χ4v) is 3.04. The number of benzene rings is 1. The second-order valence-electron chi connectivity index (χ2n) is 5.84. The molecule has 0 unspecified atom stereocenters. The van der Waals surface area contributed by atoms with E-state index in [2.05, 4.69) is 5.32 Å². The molecule has 0 saturated carbocycles. The highest BCUT2D eigenvalue weighted by Crippen LogP contribution is 2.28. The van der Waals surface area contributed by atoms with Gasteiger partial charge in [0.05, 0.1) is 18.6 Å². The molecule has 22 heavy (non-hydrogen) atoms. The Balaban J connectivity index is 1.77. The van der Waals surface area contributed by atoms with Crippen LogP contribution < -0.4 is 10.1 Å². The highest BCUT2D eigenvalue weighted by molar-refractivity contribution is 5.95. The lowest BCUT2D eigenvalue weighted by Gasteiger charge is -2.36. The molecule has 6 heteroatoms. The smallest absolute Gasteiger partial charge is 0.305 e. The molecular weight excluding hydrogens is 286 g/mol. The highest BCUT2D eigenvalue weighted by Gasteiger charge is 2.36. The second-order valence-corrected chi connectivity index (χ2v) is 5.84. The Bertz CT molecular complexity index is 592. The van der Waals surface area contributed by atoms with Crippen LogP contribution in [0.4, 0.5) is 0 Å². The van der Waals surface area contributed by atoms with Crippen LogP contribution in [0.1, 0.15) is 35.2 Å². The Labute approximate surface area is 128 Å². The van der Waals surface area contributed by atoms with E-state index < -0.39 is 11.5 Å². The summed E-state index contributed by atoms with van der Waals surface area (Å²) < 4.78 is 10.7. The van der Waals surface area contributed by atoms with Gasteiger partial charge in [0.25, 0.3) is 5.91 Å². The zero-order valence-corrected chi connectivity index (χ0v) is 12.3. The number of carbonyl (C=O) groups excluding carboxylic acids is 1. The van der Waals surface area contributed by atoms with Crippen LogP contribution in [0.15, 0.2) is 18.2 Å². The van der Waals surface area contributed by atoms with Crippen molar-refractivity contribution in [2.24, 2.45) is 0 Å². The van der Waals surface area contributed by atoms with Crippen LogP contribution in [-0.4, -0.2) is 42.3 Å². The summed E-state index contributed by atoms with van der Waals surface area (Å²) in [6.07, 6.45) is 1.74. The Morgan fingerprint density at radius 1 is 1.23 bits per heavy atom. The minimum atomic E-state index is -0.912. The molecule has 2 aliphatic rings. The van der Waals surface area contributed by atoms with E-state index in [1.54, 1.807) is 12.1 Å². The molecule has 118 valence electrons. The molecule has 0 aliphatic carbocycles. The molecule has 1 amide bonds. The van der Waals surface area contributed by atoms with Gasteiger partial charge in [-0.15, -0.1) is 0 Å². The maximum atomic E-state index is 12.5. The minimum absolute atomic E-state index is 0.0872. The number of hydrogen-bond acceptors (Lipinski definition) is 4. The van der Waals surface area contributed by atoms with E-state index in [4.69, 9.17) is 14.6 Å². The van der Waals surface area contributed by atoms with Gasteiger partial charge in [-0.2, -0.15) is 0 Å². The Kier molecular flexibility index (Phi) is 4.02. The SMILES string of the molecule is O=C(O)CC1(NC(=O)c2ccc3c(c2)CCO3)CCOCC1. The number of amides is 1. The van der Waals surface area contributed by atoms with Gasteiger partial charge in [0.2, 0.25) is 0 Å². The van der Waals surface area contributed by atoms with Crippen molar-refractivity contribution in [2.45, 2.75) is 31.2 Å². The van der Waals surface area contributed by atoms with Crippen molar-refractivity contribution in [3.05, 3.63) is 29.3 Å². The first-order chi connectivity index (χ1) is 10.6. The third-order valence-corrected chi connectivity index (χ3v) is 4.27. The lowest BCUT2D eigenvalue weighted by Crippen LogP contribution is -2.53. The number of carbonyl (C=O) groups is 2. The average Bonchev–Trinajstić information content (AvgIpc) is 2.94. The van der Waals surface area contributed by atoms with Crippen LogP contribution in [0.3, 0.4) is 0 Å². The van der Waals surface area contributed by atoms with Crippen molar-refractivity contribution in [2.75, 3.05) is 19.8 Å². The normalized spacial score (nSPS) is 19.1. The molecule has 2 heterocycles.